The molecular weight excluding hydrogens is 316 g/mol. The van der Waals surface area contributed by atoms with Gasteiger partial charge >= 0.3 is 0 Å². The summed E-state index contributed by atoms with van der Waals surface area (Å²) < 4.78 is 1.78. The normalized spacial score (nSPS) is 43.2. The van der Waals surface area contributed by atoms with Crippen LogP contribution in [0.3, 0.4) is 0 Å². The van der Waals surface area contributed by atoms with E-state index >= 15 is 0 Å². The highest BCUT2D eigenvalue weighted by atomic mass is 32.2. The molecule has 0 aromatic carbocycles. The van der Waals surface area contributed by atoms with Crippen molar-refractivity contribution in [3.63, 3.8) is 0 Å². The molecule has 116 valence electrons. The Hall–Kier alpha value is 0.130. The van der Waals surface area contributed by atoms with Gasteiger partial charge in [0.1, 0.15) is 8.64 Å². The van der Waals surface area contributed by atoms with Gasteiger partial charge in [0.05, 0.1) is 0 Å². The van der Waals surface area contributed by atoms with Crippen LogP contribution in [0.1, 0.15) is 64.2 Å². The van der Waals surface area contributed by atoms with Crippen molar-refractivity contribution in [1.82, 2.24) is 10.6 Å². The number of fused-ring (bicyclic) bond motifs is 4. The molecule has 21 heavy (non-hydrogen) atoms. The van der Waals surface area contributed by atoms with Crippen LogP contribution >= 0.6 is 36.2 Å². The van der Waals surface area contributed by atoms with E-state index in [1.54, 1.807) is 11.8 Å². The molecule has 4 aliphatic carbocycles. The van der Waals surface area contributed by atoms with E-state index in [1.807, 2.05) is 0 Å². The SMILES string of the molecule is S=C(NC12CCC(CC1)C2)SC(=S)NC12CCC(CC1)C2. The molecule has 2 N–H and O–H groups in total. The minimum Gasteiger partial charge on any atom is -0.365 e. The smallest absolute Gasteiger partial charge is 0.141 e. The van der Waals surface area contributed by atoms with Crippen LogP contribution in [0.25, 0.3) is 0 Å². The van der Waals surface area contributed by atoms with Gasteiger partial charge in [-0.1, -0.05) is 24.4 Å². The summed E-state index contributed by atoms with van der Waals surface area (Å²) in [5.74, 6) is 1.89. The van der Waals surface area contributed by atoms with E-state index in [-0.39, 0.29) is 0 Å². The maximum atomic E-state index is 5.57. The molecule has 0 spiro atoms. The molecule has 0 aliphatic heterocycles. The van der Waals surface area contributed by atoms with Gasteiger partial charge in [-0.25, -0.2) is 0 Å². The summed E-state index contributed by atoms with van der Waals surface area (Å²) in [6, 6.07) is 0. The van der Waals surface area contributed by atoms with Crippen molar-refractivity contribution >= 4 is 44.8 Å². The molecule has 0 aromatic heterocycles. The topological polar surface area (TPSA) is 24.1 Å². The highest BCUT2D eigenvalue weighted by molar-refractivity contribution is 8.37. The van der Waals surface area contributed by atoms with Crippen LogP contribution in [-0.4, -0.2) is 19.7 Å². The summed E-state index contributed by atoms with van der Waals surface area (Å²) in [6.07, 6.45) is 13.4. The summed E-state index contributed by atoms with van der Waals surface area (Å²) in [7, 11) is 0. The van der Waals surface area contributed by atoms with Gasteiger partial charge in [0.2, 0.25) is 0 Å². The minimum absolute atomic E-state index is 0.314. The third kappa shape index (κ3) is 2.86. The van der Waals surface area contributed by atoms with E-state index in [2.05, 4.69) is 10.6 Å². The fraction of sp³-hybridized carbons (Fsp3) is 0.875. The minimum atomic E-state index is 0.314. The molecule has 4 fully saturated rings. The number of rotatable bonds is 2. The van der Waals surface area contributed by atoms with Crippen molar-refractivity contribution < 1.29 is 0 Å². The predicted molar refractivity (Wildman–Crippen MR) is 97.7 cm³/mol. The molecule has 0 heterocycles. The first-order valence-corrected chi connectivity index (χ1v) is 10.0. The van der Waals surface area contributed by atoms with Gasteiger partial charge in [0.15, 0.2) is 0 Å². The van der Waals surface area contributed by atoms with Crippen molar-refractivity contribution in [3.05, 3.63) is 0 Å². The molecule has 4 saturated carbocycles. The molecule has 4 bridgehead atoms. The van der Waals surface area contributed by atoms with E-state index < -0.39 is 0 Å². The second-order valence-electron chi connectivity index (χ2n) is 7.78. The molecule has 4 rings (SSSR count). The fourth-order valence-corrected chi connectivity index (χ4v) is 7.10. The van der Waals surface area contributed by atoms with Gasteiger partial charge in [-0.3, -0.25) is 0 Å². The summed E-state index contributed by atoms with van der Waals surface area (Å²) in [6.45, 7) is 0. The van der Waals surface area contributed by atoms with Crippen molar-refractivity contribution in [1.29, 1.82) is 0 Å². The first-order chi connectivity index (χ1) is 10.1. The van der Waals surface area contributed by atoms with Crippen LogP contribution in [0.2, 0.25) is 0 Å². The van der Waals surface area contributed by atoms with Gasteiger partial charge in [-0.15, -0.1) is 0 Å². The third-order valence-corrected chi connectivity index (χ3v) is 7.68. The number of nitrogens with one attached hydrogen (secondary N) is 2. The molecule has 0 unspecified atom stereocenters. The number of hydrogen-bond donors (Lipinski definition) is 2. The van der Waals surface area contributed by atoms with Crippen LogP contribution in [-0.2, 0) is 0 Å². The zero-order valence-corrected chi connectivity index (χ0v) is 14.9. The Morgan fingerprint density at radius 2 is 1.14 bits per heavy atom. The summed E-state index contributed by atoms with van der Waals surface area (Å²) in [4.78, 5) is 0. The molecule has 0 atom stereocenters. The van der Waals surface area contributed by atoms with Gasteiger partial charge < -0.3 is 10.6 Å². The molecule has 0 aromatic rings. The summed E-state index contributed by atoms with van der Waals surface area (Å²) in [5, 5.41) is 7.29. The molecule has 0 saturated heterocycles. The van der Waals surface area contributed by atoms with Crippen LogP contribution in [0.5, 0.6) is 0 Å². The first kappa shape index (κ1) is 14.7. The Bertz CT molecular complexity index is 418. The second kappa shape index (κ2) is 5.34. The molecule has 4 aliphatic rings. The lowest BCUT2D eigenvalue weighted by Crippen LogP contribution is -2.46. The van der Waals surface area contributed by atoms with Crippen molar-refractivity contribution in [2.75, 3.05) is 0 Å². The molecule has 0 amide bonds. The first-order valence-electron chi connectivity index (χ1n) is 8.39. The van der Waals surface area contributed by atoms with Gasteiger partial charge in [0.25, 0.3) is 0 Å². The second-order valence-corrected chi connectivity index (χ2v) is 10.1. The van der Waals surface area contributed by atoms with Gasteiger partial charge in [-0.2, -0.15) is 0 Å². The standard InChI is InChI=1S/C16H24N2S3/c19-13(17-15-5-1-11(9-15)2-6-15)21-14(20)18-16-7-3-12(10-16)4-8-16/h11-12H,1-10H2,(H,17,19)(H,18,20). The molecular formula is C16H24N2S3. The van der Waals surface area contributed by atoms with Crippen LogP contribution in [0, 0.1) is 11.8 Å². The van der Waals surface area contributed by atoms with Crippen LogP contribution in [0.4, 0.5) is 0 Å². The Morgan fingerprint density at radius 1 is 0.762 bits per heavy atom. The van der Waals surface area contributed by atoms with Crippen LogP contribution < -0.4 is 10.6 Å². The van der Waals surface area contributed by atoms with E-state index in [9.17, 15) is 0 Å². The van der Waals surface area contributed by atoms with Crippen molar-refractivity contribution in [3.8, 4) is 0 Å². The lowest BCUT2D eigenvalue weighted by Gasteiger charge is -2.31. The lowest BCUT2D eigenvalue weighted by molar-refractivity contribution is 0.382. The predicted octanol–water partition coefficient (Wildman–Crippen LogP) is 4.13. The summed E-state index contributed by atoms with van der Waals surface area (Å²) in [5.41, 5.74) is 0.628. The van der Waals surface area contributed by atoms with E-state index in [0.717, 1.165) is 20.5 Å². The van der Waals surface area contributed by atoms with Crippen molar-refractivity contribution in [2.45, 2.75) is 75.3 Å². The third-order valence-electron chi connectivity index (χ3n) is 6.40. The Morgan fingerprint density at radius 3 is 1.43 bits per heavy atom. The highest BCUT2D eigenvalue weighted by Crippen LogP contribution is 2.49. The maximum absolute atomic E-state index is 5.57. The number of hydrogen-bond acceptors (Lipinski definition) is 3. The lowest BCUT2D eigenvalue weighted by atomic mass is 9.94. The quantitative estimate of drug-likeness (QED) is 0.736. The average Bonchev–Trinajstić information content (AvgIpc) is 3.16. The van der Waals surface area contributed by atoms with E-state index in [1.165, 1.54) is 64.2 Å². The number of thiocarbonyl (C=S) groups is 2. The largest absolute Gasteiger partial charge is 0.365 e. The van der Waals surface area contributed by atoms with E-state index in [4.69, 9.17) is 24.4 Å². The molecule has 0 radical (unpaired) electrons. The zero-order valence-electron chi connectivity index (χ0n) is 12.5. The molecule has 5 heteroatoms. The van der Waals surface area contributed by atoms with Crippen LogP contribution in [0.15, 0.2) is 0 Å². The monoisotopic (exact) mass is 340 g/mol. The fourth-order valence-electron chi connectivity index (χ4n) is 5.30. The van der Waals surface area contributed by atoms with Gasteiger partial charge in [-0.05, 0) is 87.8 Å². The van der Waals surface area contributed by atoms with Gasteiger partial charge in [0, 0.05) is 11.1 Å². The zero-order chi connectivity index (χ0) is 14.5. The Kier molecular flexibility index (Phi) is 3.74. The highest BCUT2D eigenvalue weighted by Gasteiger charge is 2.46. The Labute approximate surface area is 142 Å². The summed E-state index contributed by atoms with van der Waals surface area (Å²) >= 11 is 12.7. The number of thioether (sulfide) groups is 1. The Balaban J connectivity index is 1.29. The van der Waals surface area contributed by atoms with Crippen molar-refractivity contribution in [2.24, 2.45) is 11.8 Å². The average molecular weight is 341 g/mol. The van der Waals surface area contributed by atoms with E-state index in [0.29, 0.717) is 11.1 Å². The molecule has 2 nitrogen and oxygen atoms in total. The maximum Gasteiger partial charge on any atom is 0.141 e.